The fourth-order valence-corrected chi connectivity index (χ4v) is 5.78. The van der Waals surface area contributed by atoms with Gasteiger partial charge >= 0.3 is 0 Å². The zero-order chi connectivity index (χ0) is 18.5. The van der Waals surface area contributed by atoms with Gasteiger partial charge in [0.1, 0.15) is 10.0 Å². The molecule has 4 rings (SSSR count). The highest BCUT2D eigenvalue weighted by molar-refractivity contribution is 7.94. The van der Waals surface area contributed by atoms with E-state index >= 15 is 0 Å². The van der Waals surface area contributed by atoms with E-state index < -0.39 is 15.8 Å². The molecule has 5 nitrogen and oxygen atoms in total. The average molecular weight is 394 g/mol. The summed E-state index contributed by atoms with van der Waals surface area (Å²) in [6.07, 6.45) is 2.59. The fourth-order valence-electron chi connectivity index (χ4n) is 3.11. The summed E-state index contributed by atoms with van der Waals surface area (Å²) in [5, 5.41) is 0. The Labute approximate surface area is 155 Å². The highest BCUT2D eigenvalue weighted by Crippen LogP contribution is 2.36. The van der Waals surface area contributed by atoms with E-state index in [1.54, 1.807) is 13.0 Å². The summed E-state index contributed by atoms with van der Waals surface area (Å²) >= 11 is 1.23. The number of halogens is 1. The molecule has 1 amide bonds. The van der Waals surface area contributed by atoms with Crippen LogP contribution in [-0.4, -0.2) is 25.8 Å². The number of sulfonamides is 1. The van der Waals surface area contributed by atoms with Crippen LogP contribution in [0.1, 0.15) is 28.8 Å². The van der Waals surface area contributed by atoms with Gasteiger partial charge in [-0.2, -0.15) is 0 Å². The van der Waals surface area contributed by atoms with Crippen molar-refractivity contribution in [3.63, 3.8) is 0 Å². The largest absolute Gasteiger partial charge is 0.338 e. The van der Waals surface area contributed by atoms with Gasteiger partial charge in [0.05, 0.1) is 5.69 Å². The lowest BCUT2D eigenvalue weighted by molar-refractivity contribution is -0.133. The number of fused-ring (bicyclic) bond motifs is 1. The standard InChI is InChI=1S/C18H19FN2O3S2/c1-11-2-5-14(19)9-15(11)20-26(23,24)17-8-13-10-21(7-6-16(13)25-17)18(22)12-3-4-12/h2,5,8-9,12,20H,3-4,6-7,10H2,1H3. The van der Waals surface area contributed by atoms with Crippen LogP contribution in [0.4, 0.5) is 10.1 Å². The van der Waals surface area contributed by atoms with Crippen molar-refractivity contribution in [2.75, 3.05) is 11.3 Å². The Morgan fingerprint density at radius 2 is 2.08 bits per heavy atom. The third kappa shape index (κ3) is 3.35. The van der Waals surface area contributed by atoms with Crippen LogP contribution in [0.5, 0.6) is 0 Å². The first-order valence-electron chi connectivity index (χ1n) is 8.53. The number of anilines is 1. The molecule has 1 N–H and O–H groups in total. The first kappa shape index (κ1) is 17.5. The van der Waals surface area contributed by atoms with E-state index in [9.17, 15) is 17.6 Å². The van der Waals surface area contributed by atoms with Crippen molar-refractivity contribution in [2.45, 2.75) is 36.9 Å². The zero-order valence-corrected chi connectivity index (χ0v) is 15.9. The highest BCUT2D eigenvalue weighted by atomic mass is 32.2. The summed E-state index contributed by atoms with van der Waals surface area (Å²) in [5.74, 6) is -0.149. The molecule has 0 unspecified atom stereocenters. The Hall–Kier alpha value is -1.93. The minimum absolute atomic E-state index is 0.163. The van der Waals surface area contributed by atoms with Gasteiger partial charge in [-0.25, -0.2) is 12.8 Å². The number of nitrogens with one attached hydrogen (secondary N) is 1. The van der Waals surface area contributed by atoms with E-state index in [0.29, 0.717) is 25.1 Å². The minimum atomic E-state index is -3.79. The monoisotopic (exact) mass is 394 g/mol. The summed E-state index contributed by atoms with van der Waals surface area (Å²) in [4.78, 5) is 15.1. The second-order valence-electron chi connectivity index (χ2n) is 6.86. The molecule has 138 valence electrons. The lowest BCUT2D eigenvalue weighted by Crippen LogP contribution is -2.36. The molecule has 0 bridgehead atoms. The lowest BCUT2D eigenvalue weighted by Gasteiger charge is -2.26. The topological polar surface area (TPSA) is 66.5 Å². The maximum absolute atomic E-state index is 13.4. The molecule has 0 saturated heterocycles. The van der Waals surface area contributed by atoms with Gasteiger partial charge in [-0.05, 0) is 55.5 Å². The Morgan fingerprint density at radius 3 is 2.81 bits per heavy atom. The average Bonchev–Trinajstić information content (AvgIpc) is 3.35. The summed E-state index contributed by atoms with van der Waals surface area (Å²) < 4.78 is 41.5. The maximum atomic E-state index is 13.4. The van der Waals surface area contributed by atoms with E-state index in [0.717, 1.165) is 23.3 Å². The van der Waals surface area contributed by atoms with Crippen LogP contribution in [0, 0.1) is 18.7 Å². The molecule has 0 spiro atoms. The third-order valence-corrected chi connectivity index (χ3v) is 7.87. The van der Waals surface area contributed by atoms with Crippen molar-refractivity contribution in [3.8, 4) is 0 Å². The first-order valence-corrected chi connectivity index (χ1v) is 10.8. The molecular formula is C18H19FN2O3S2. The molecule has 0 radical (unpaired) electrons. The molecule has 1 aliphatic heterocycles. The summed E-state index contributed by atoms with van der Waals surface area (Å²) in [6.45, 7) is 2.83. The van der Waals surface area contributed by atoms with Crippen LogP contribution in [0.2, 0.25) is 0 Å². The van der Waals surface area contributed by atoms with Gasteiger partial charge in [0.2, 0.25) is 5.91 Å². The molecule has 2 aliphatic rings. The Morgan fingerprint density at radius 1 is 1.31 bits per heavy atom. The normalized spacial score (nSPS) is 17.1. The predicted molar refractivity (Wildman–Crippen MR) is 98.1 cm³/mol. The predicted octanol–water partition coefficient (Wildman–Crippen LogP) is 3.29. The number of thiophene rings is 1. The molecule has 0 atom stereocenters. The number of hydrogen-bond donors (Lipinski definition) is 1. The van der Waals surface area contributed by atoms with Crippen LogP contribution in [0.25, 0.3) is 0 Å². The van der Waals surface area contributed by atoms with Crippen molar-refractivity contribution in [2.24, 2.45) is 5.92 Å². The van der Waals surface area contributed by atoms with Gasteiger partial charge in [0.25, 0.3) is 10.0 Å². The molecule has 1 fully saturated rings. The second-order valence-corrected chi connectivity index (χ2v) is 9.91. The summed E-state index contributed by atoms with van der Waals surface area (Å²) in [5.41, 5.74) is 1.78. The highest BCUT2D eigenvalue weighted by Gasteiger charge is 2.35. The van der Waals surface area contributed by atoms with Crippen LogP contribution >= 0.6 is 11.3 Å². The van der Waals surface area contributed by atoms with E-state index in [4.69, 9.17) is 0 Å². The number of aryl methyl sites for hydroxylation is 1. The number of carbonyl (C=O) groups excluding carboxylic acids is 1. The van der Waals surface area contributed by atoms with Gasteiger partial charge in [-0.15, -0.1) is 11.3 Å². The van der Waals surface area contributed by atoms with Gasteiger partial charge in [0, 0.05) is 23.9 Å². The van der Waals surface area contributed by atoms with Crippen molar-refractivity contribution >= 4 is 33.0 Å². The molecule has 1 aromatic carbocycles. The molecule has 8 heteroatoms. The fraction of sp³-hybridized carbons (Fsp3) is 0.389. The van der Waals surface area contributed by atoms with Crippen LogP contribution in [-0.2, 0) is 27.8 Å². The lowest BCUT2D eigenvalue weighted by atomic mass is 10.1. The van der Waals surface area contributed by atoms with Crippen molar-refractivity contribution < 1.29 is 17.6 Å². The Bertz CT molecular complexity index is 980. The molecule has 1 aromatic heterocycles. The first-order chi connectivity index (χ1) is 12.3. The van der Waals surface area contributed by atoms with Crippen molar-refractivity contribution in [1.82, 2.24) is 4.90 Å². The van der Waals surface area contributed by atoms with Crippen LogP contribution in [0.15, 0.2) is 28.5 Å². The summed E-state index contributed by atoms with van der Waals surface area (Å²) in [7, 11) is -3.79. The molecular weight excluding hydrogens is 375 g/mol. The quantitative estimate of drug-likeness (QED) is 0.865. The van der Waals surface area contributed by atoms with Crippen LogP contribution < -0.4 is 4.72 Å². The molecule has 2 aromatic rings. The molecule has 1 aliphatic carbocycles. The number of carbonyl (C=O) groups is 1. The minimum Gasteiger partial charge on any atom is -0.338 e. The number of nitrogens with zero attached hydrogens (tertiary/aromatic N) is 1. The van der Waals surface area contributed by atoms with Crippen LogP contribution in [0.3, 0.4) is 0 Å². The number of hydrogen-bond acceptors (Lipinski definition) is 4. The third-order valence-electron chi connectivity index (χ3n) is 4.79. The molecule has 26 heavy (non-hydrogen) atoms. The number of amides is 1. The second kappa shape index (κ2) is 6.35. The zero-order valence-electron chi connectivity index (χ0n) is 14.3. The van der Waals surface area contributed by atoms with E-state index in [1.165, 1.54) is 29.5 Å². The van der Waals surface area contributed by atoms with Gasteiger partial charge in [0.15, 0.2) is 0 Å². The van der Waals surface area contributed by atoms with Gasteiger partial charge in [-0.1, -0.05) is 6.07 Å². The van der Waals surface area contributed by atoms with Crippen molar-refractivity contribution in [1.29, 1.82) is 0 Å². The van der Waals surface area contributed by atoms with E-state index in [-0.39, 0.29) is 21.7 Å². The van der Waals surface area contributed by atoms with E-state index in [2.05, 4.69) is 4.72 Å². The van der Waals surface area contributed by atoms with E-state index in [1.807, 2.05) is 4.90 Å². The SMILES string of the molecule is Cc1ccc(F)cc1NS(=O)(=O)c1cc2c(s1)CCN(C(=O)C1CC1)C2. The van der Waals surface area contributed by atoms with Gasteiger partial charge in [-0.3, -0.25) is 9.52 Å². The van der Waals surface area contributed by atoms with Gasteiger partial charge < -0.3 is 4.90 Å². The number of rotatable bonds is 4. The Balaban J connectivity index is 1.57. The molecule has 1 saturated carbocycles. The summed E-state index contributed by atoms with van der Waals surface area (Å²) in [6, 6.07) is 5.65. The number of benzene rings is 1. The maximum Gasteiger partial charge on any atom is 0.271 e. The Kier molecular flexibility index (Phi) is 4.27. The smallest absolute Gasteiger partial charge is 0.271 e. The molecule has 2 heterocycles. The van der Waals surface area contributed by atoms with Crippen molar-refractivity contribution in [3.05, 3.63) is 46.1 Å².